The molecule has 1 aliphatic carbocycles. The molecule has 11 heteroatoms. The number of piperidine rings is 1. The van der Waals surface area contributed by atoms with Crippen LogP contribution in [0, 0.1) is 12.3 Å². The fourth-order valence-electron chi connectivity index (χ4n) is 5.57. The van der Waals surface area contributed by atoms with E-state index in [1.807, 2.05) is 0 Å². The van der Waals surface area contributed by atoms with Crippen molar-refractivity contribution in [2.24, 2.45) is 5.41 Å². The second-order valence-electron chi connectivity index (χ2n) is 10.7. The van der Waals surface area contributed by atoms with E-state index in [0.717, 1.165) is 19.5 Å². The van der Waals surface area contributed by atoms with E-state index in [1.54, 1.807) is 41.9 Å². The number of hydrogen-bond donors (Lipinski definition) is 2. The summed E-state index contributed by atoms with van der Waals surface area (Å²) in [5.41, 5.74) is 2.71. The molecule has 2 N–H and O–H groups in total. The number of aryl methyl sites for hydroxylation is 1. The molecular formula is C27H33N7O4. The van der Waals surface area contributed by atoms with Crippen molar-refractivity contribution in [3.8, 4) is 5.75 Å². The molecule has 200 valence electrons. The van der Waals surface area contributed by atoms with Crippen molar-refractivity contribution in [1.82, 2.24) is 24.5 Å². The maximum atomic E-state index is 13.1. The Morgan fingerprint density at radius 2 is 2.00 bits per heavy atom. The second-order valence-corrected chi connectivity index (χ2v) is 10.7. The number of pyridine rings is 2. The third kappa shape index (κ3) is 5.21. The van der Waals surface area contributed by atoms with Crippen molar-refractivity contribution < 1.29 is 19.1 Å². The second kappa shape index (κ2) is 10.3. The number of likely N-dealkylation sites (tertiary alicyclic amines) is 1. The smallest absolute Gasteiger partial charge is 0.294 e. The monoisotopic (exact) mass is 519 g/mol. The average molecular weight is 520 g/mol. The average Bonchev–Trinajstić information content (AvgIpc) is 3.55. The minimum atomic E-state index is -0.429. The van der Waals surface area contributed by atoms with E-state index >= 15 is 0 Å². The lowest BCUT2D eigenvalue weighted by Gasteiger charge is -2.47. The highest BCUT2D eigenvalue weighted by Crippen LogP contribution is 2.48. The predicted molar refractivity (Wildman–Crippen MR) is 140 cm³/mol. The molecule has 11 nitrogen and oxygen atoms in total. The van der Waals surface area contributed by atoms with Gasteiger partial charge in [0.1, 0.15) is 11.9 Å². The standard InChI is InChI=1S/C27H33N7O4/c1-18-22(13-19(15-28-18)29-24(35)16-33-10-7-27(8-11-33)5-2-6-27)30-26(36)25-32-31-23-14-20(3-9-34(23)25)38-21-4-12-37-17-21/h3,9,13-15,21H,2,4-8,10-12,16-17H2,1H3,(H,29,35)(H,30,36). The van der Waals surface area contributed by atoms with Crippen molar-refractivity contribution in [1.29, 1.82) is 0 Å². The summed E-state index contributed by atoms with van der Waals surface area (Å²) in [5, 5.41) is 14.0. The highest BCUT2D eigenvalue weighted by molar-refractivity contribution is 6.03. The Kier molecular flexibility index (Phi) is 6.71. The van der Waals surface area contributed by atoms with Crippen molar-refractivity contribution in [2.75, 3.05) is 43.5 Å². The number of anilines is 2. The van der Waals surface area contributed by atoms with Gasteiger partial charge in [0.05, 0.1) is 43.0 Å². The molecule has 3 aliphatic rings. The Bertz CT molecular complexity index is 1340. The first-order valence-electron chi connectivity index (χ1n) is 13.4. The van der Waals surface area contributed by atoms with Crippen LogP contribution < -0.4 is 15.4 Å². The van der Waals surface area contributed by atoms with E-state index < -0.39 is 5.91 Å². The van der Waals surface area contributed by atoms with Gasteiger partial charge in [-0.3, -0.25) is 23.9 Å². The fourth-order valence-corrected chi connectivity index (χ4v) is 5.57. The van der Waals surface area contributed by atoms with E-state index in [-0.39, 0.29) is 17.8 Å². The largest absolute Gasteiger partial charge is 0.488 e. The molecule has 0 aromatic carbocycles. The van der Waals surface area contributed by atoms with Crippen LogP contribution >= 0.6 is 0 Å². The van der Waals surface area contributed by atoms with Gasteiger partial charge >= 0.3 is 0 Å². The molecule has 1 unspecified atom stereocenters. The van der Waals surface area contributed by atoms with Crippen LogP contribution in [-0.2, 0) is 9.53 Å². The Labute approximate surface area is 220 Å². The minimum absolute atomic E-state index is 0.0191. The van der Waals surface area contributed by atoms with Crippen LogP contribution in [0.1, 0.15) is 54.8 Å². The summed E-state index contributed by atoms with van der Waals surface area (Å²) in [7, 11) is 0. The van der Waals surface area contributed by atoms with Crippen molar-refractivity contribution in [3.05, 3.63) is 42.1 Å². The number of ether oxygens (including phenoxy) is 2. The van der Waals surface area contributed by atoms with E-state index in [2.05, 4.69) is 30.7 Å². The number of nitrogens with zero attached hydrogens (tertiary/aromatic N) is 5. The molecule has 0 bridgehead atoms. The Balaban J connectivity index is 1.08. The molecule has 3 aromatic rings. The summed E-state index contributed by atoms with van der Waals surface area (Å²) in [6.45, 7) is 5.35. The zero-order valence-corrected chi connectivity index (χ0v) is 21.6. The number of nitrogens with one attached hydrogen (secondary N) is 2. The lowest BCUT2D eigenvalue weighted by Crippen LogP contribution is -2.45. The van der Waals surface area contributed by atoms with Crippen LogP contribution in [0.2, 0.25) is 0 Å². The van der Waals surface area contributed by atoms with E-state index in [1.165, 1.54) is 32.1 Å². The van der Waals surface area contributed by atoms with Crippen molar-refractivity contribution in [2.45, 2.75) is 51.6 Å². The lowest BCUT2D eigenvalue weighted by molar-refractivity contribution is -0.118. The first kappa shape index (κ1) is 24.7. The van der Waals surface area contributed by atoms with Gasteiger partial charge in [-0.1, -0.05) is 6.42 Å². The molecule has 6 rings (SSSR count). The van der Waals surface area contributed by atoms with Crippen LogP contribution in [0.3, 0.4) is 0 Å². The number of carbonyl (C=O) groups excluding carboxylic acids is 2. The van der Waals surface area contributed by atoms with Gasteiger partial charge < -0.3 is 20.1 Å². The van der Waals surface area contributed by atoms with Crippen LogP contribution in [-0.4, -0.2) is 75.2 Å². The van der Waals surface area contributed by atoms with E-state index in [9.17, 15) is 9.59 Å². The van der Waals surface area contributed by atoms with Gasteiger partial charge in [-0.15, -0.1) is 10.2 Å². The maximum absolute atomic E-state index is 13.1. The molecule has 3 aromatic heterocycles. The lowest BCUT2D eigenvalue weighted by atomic mass is 9.63. The fraction of sp³-hybridized carbons (Fsp3) is 0.519. The van der Waals surface area contributed by atoms with Gasteiger partial charge in [0.15, 0.2) is 5.65 Å². The van der Waals surface area contributed by atoms with Crippen LogP contribution in [0.15, 0.2) is 30.6 Å². The first-order chi connectivity index (χ1) is 18.5. The molecule has 3 fully saturated rings. The van der Waals surface area contributed by atoms with Gasteiger partial charge in [0, 0.05) is 18.7 Å². The number of amides is 2. The van der Waals surface area contributed by atoms with Crippen LogP contribution in [0.5, 0.6) is 5.75 Å². The first-order valence-corrected chi connectivity index (χ1v) is 13.4. The zero-order chi connectivity index (χ0) is 26.1. The van der Waals surface area contributed by atoms with E-state index in [4.69, 9.17) is 9.47 Å². The van der Waals surface area contributed by atoms with E-state index in [0.29, 0.717) is 53.6 Å². The molecule has 2 amide bonds. The van der Waals surface area contributed by atoms with Crippen molar-refractivity contribution >= 4 is 28.8 Å². The highest BCUT2D eigenvalue weighted by Gasteiger charge is 2.39. The highest BCUT2D eigenvalue weighted by atomic mass is 16.5. The van der Waals surface area contributed by atoms with Crippen molar-refractivity contribution in [3.63, 3.8) is 0 Å². The third-order valence-corrected chi connectivity index (χ3v) is 8.09. The summed E-state index contributed by atoms with van der Waals surface area (Å²) >= 11 is 0. The van der Waals surface area contributed by atoms with Gasteiger partial charge in [-0.25, -0.2) is 0 Å². The molecule has 5 heterocycles. The third-order valence-electron chi connectivity index (χ3n) is 8.09. The van der Waals surface area contributed by atoms with Gasteiger partial charge in [-0.05, 0) is 63.2 Å². The van der Waals surface area contributed by atoms with Gasteiger partial charge in [0.25, 0.3) is 5.91 Å². The Morgan fingerprint density at radius 1 is 1.16 bits per heavy atom. The molecule has 0 radical (unpaired) electrons. The number of aromatic nitrogens is 4. The predicted octanol–water partition coefficient (Wildman–Crippen LogP) is 3.06. The maximum Gasteiger partial charge on any atom is 0.294 e. The minimum Gasteiger partial charge on any atom is -0.488 e. The summed E-state index contributed by atoms with van der Waals surface area (Å²) in [5.74, 6) is 0.284. The zero-order valence-electron chi connectivity index (χ0n) is 21.6. The molecule has 1 atom stereocenters. The normalized spacial score (nSPS) is 20.8. The topological polar surface area (TPSA) is 123 Å². The van der Waals surface area contributed by atoms with Crippen LogP contribution in [0.25, 0.3) is 5.65 Å². The molecule has 1 spiro atoms. The number of fused-ring (bicyclic) bond motifs is 1. The number of hydrogen-bond acceptors (Lipinski definition) is 8. The van der Waals surface area contributed by atoms with Gasteiger partial charge in [0.2, 0.25) is 11.7 Å². The molecule has 2 saturated heterocycles. The quantitative estimate of drug-likeness (QED) is 0.488. The molecule has 1 saturated carbocycles. The number of carbonyl (C=O) groups is 2. The summed E-state index contributed by atoms with van der Waals surface area (Å²) in [6.07, 6.45) is 10.6. The molecular weight excluding hydrogens is 486 g/mol. The molecule has 2 aliphatic heterocycles. The Morgan fingerprint density at radius 3 is 2.74 bits per heavy atom. The Hall–Kier alpha value is -3.57. The number of rotatable bonds is 7. The summed E-state index contributed by atoms with van der Waals surface area (Å²) in [4.78, 5) is 32.4. The summed E-state index contributed by atoms with van der Waals surface area (Å²) in [6, 6.07) is 5.25. The molecule has 38 heavy (non-hydrogen) atoms. The van der Waals surface area contributed by atoms with Gasteiger partial charge in [-0.2, -0.15) is 0 Å². The summed E-state index contributed by atoms with van der Waals surface area (Å²) < 4.78 is 12.9. The van der Waals surface area contributed by atoms with Crippen LogP contribution in [0.4, 0.5) is 11.4 Å². The SMILES string of the molecule is Cc1ncc(NC(=O)CN2CCC3(CCC3)CC2)cc1NC(=O)c1nnc2cc(OC3CCOC3)ccn12.